The van der Waals surface area contributed by atoms with Crippen molar-refractivity contribution in [2.75, 3.05) is 37.7 Å². The van der Waals surface area contributed by atoms with Crippen molar-refractivity contribution in [3.05, 3.63) is 34.6 Å². The molecule has 0 spiro atoms. The van der Waals surface area contributed by atoms with Crippen molar-refractivity contribution < 1.29 is 38.1 Å². The lowest BCUT2D eigenvalue weighted by molar-refractivity contribution is 0.0206. The van der Waals surface area contributed by atoms with E-state index in [2.05, 4.69) is 0 Å². The van der Waals surface area contributed by atoms with E-state index in [0.717, 1.165) is 12.8 Å². The summed E-state index contributed by atoms with van der Waals surface area (Å²) in [5.74, 6) is -1.03. The molecule has 226 valence electrons. The second-order valence-corrected chi connectivity index (χ2v) is 12.6. The number of rotatable bonds is 3. The van der Waals surface area contributed by atoms with E-state index in [1.165, 1.54) is 23.1 Å². The van der Waals surface area contributed by atoms with E-state index < -0.39 is 41.2 Å². The highest BCUT2D eigenvalue weighted by Crippen LogP contribution is 2.48. The van der Waals surface area contributed by atoms with Crippen molar-refractivity contribution >= 4 is 35.6 Å². The Bertz CT molecular complexity index is 1440. The van der Waals surface area contributed by atoms with E-state index in [-0.39, 0.29) is 65.4 Å². The summed E-state index contributed by atoms with van der Waals surface area (Å²) in [5, 5.41) is 9.40. The number of fused-ring (bicyclic) bond motifs is 2. The maximum absolute atomic E-state index is 15.6. The lowest BCUT2D eigenvalue weighted by atomic mass is 10.0. The fraction of sp³-hybridized carbons (Fsp3) is 0.517. The van der Waals surface area contributed by atoms with Crippen LogP contribution in [0.2, 0.25) is 5.02 Å². The number of nitrogens with zero attached hydrogens (tertiary/aromatic N) is 4. The Kier molecular flexibility index (Phi) is 7.63. The van der Waals surface area contributed by atoms with Crippen molar-refractivity contribution in [1.29, 1.82) is 0 Å². The van der Waals surface area contributed by atoms with Gasteiger partial charge in [-0.2, -0.15) is 0 Å². The lowest BCUT2D eigenvalue weighted by Crippen LogP contribution is -2.57. The molecule has 1 aromatic heterocycles. The third-order valence-corrected chi connectivity index (χ3v) is 8.03. The van der Waals surface area contributed by atoms with E-state index in [1.54, 1.807) is 25.7 Å². The minimum absolute atomic E-state index is 0.0205. The minimum atomic E-state index is -1.08. The molecule has 2 fully saturated rings. The first kappa shape index (κ1) is 29.7. The topological polar surface area (TPSA) is 122 Å². The largest absolute Gasteiger partial charge is 0.514 e. The molecule has 0 unspecified atom stereocenters. The van der Waals surface area contributed by atoms with Crippen LogP contribution in [0.4, 0.5) is 19.8 Å². The van der Waals surface area contributed by atoms with Crippen LogP contribution in [-0.2, 0) is 4.74 Å². The SMILES string of the molecule is CC(C)(C)OC(=O)Oc1cccc(F)c1-c1nc(N2CCCC2(C)C)c2c(c1Cl)OC[C@H]1CN(C(=O)O)CCN1C2=O. The monoisotopic (exact) mass is 604 g/mol. The van der Waals surface area contributed by atoms with Crippen LogP contribution < -0.4 is 14.4 Å². The van der Waals surface area contributed by atoms with E-state index in [4.69, 9.17) is 30.8 Å². The molecule has 0 radical (unpaired) electrons. The summed E-state index contributed by atoms with van der Waals surface area (Å²) < 4.78 is 32.5. The number of pyridine rings is 1. The van der Waals surface area contributed by atoms with Crippen molar-refractivity contribution in [3.63, 3.8) is 0 Å². The van der Waals surface area contributed by atoms with Crippen LogP contribution in [0, 0.1) is 5.82 Å². The Hall–Kier alpha value is -3.80. The van der Waals surface area contributed by atoms with Crippen molar-refractivity contribution in [1.82, 2.24) is 14.8 Å². The van der Waals surface area contributed by atoms with Crippen LogP contribution in [0.3, 0.4) is 0 Å². The molecule has 2 saturated heterocycles. The predicted molar refractivity (Wildman–Crippen MR) is 152 cm³/mol. The number of aromatic nitrogens is 1. The van der Waals surface area contributed by atoms with Gasteiger partial charge in [-0.15, -0.1) is 0 Å². The number of anilines is 1. The average molecular weight is 605 g/mol. The van der Waals surface area contributed by atoms with Gasteiger partial charge in [-0.25, -0.2) is 19.0 Å². The van der Waals surface area contributed by atoms with Crippen LogP contribution in [0.1, 0.15) is 57.8 Å². The maximum atomic E-state index is 15.6. The molecule has 2 amide bonds. The molecule has 0 saturated carbocycles. The number of halogens is 2. The summed E-state index contributed by atoms with van der Waals surface area (Å²) in [6, 6.07) is 3.41. The molecule has 1 aromatic carbocycles. The number of hydrogen-bond acceptors (Lipinski definition) is 8. The lowest BCUT2D eigenvalue weighted by Gasteiger charge is -2.39. The molecular weight excluding hydrogens is 571 g/mol. The summed E-state index contributed by atoms with van der Waals surface area (Å²) in [6.07, 6.45) is -0.457. The van der Waals surface area contributed by atoms with Gasteiger partial charge >= 0.3 is 12.2 Å². The van der Waals surface area contributed by atoms with Crippen molar-refractivity contribution in [2.24, 2.45) is 0 Å². The van der Waals surface area contributed by atoms with E-state index in [1.807, 2.05) is 18.7 Å². The van der Waals surface area contributed by atoms with Crippen molar-refractivity contribution in [3.8, 4) is 22.8 Å². The number of benzene rings is 1. The fourth-order valence-electron chi connectivity index (χ4n) is 5.66. The Labute approximate surface area is 248 Å². The highest BCUT2D eigenvalue weighted by Gasteiger charge is 2.44. The Balaban J connectivity index is 1.68. The molecule has 42 heavy (non-hydrogen) atoms. The number of ether oxygens (including phenoxy) is 3. The molecular formula is C29H34ClFN4O7. The van der Waals surface area contributed by atoms with Crippen LogP contribution in [0.25, 0.3) is 11.3 Å². The second kappa shape index (κ2) is 10.8. The summed E-state index contributed by atoms with van der Waals surface area (Å²) in [5.41, 5.74) is -1.37. The molecule has 4 heterocycles. The molecule has 0 bridgehead atoms. The summed E-state index contributed by atoms with van der Waals surface area (Å²) in [6.45, 7) is 10.0. The zero-order valence-electron chi connectivity index (χ0n) is 24.2. The van der Waals surface area contributed by atoms with Crippen LogP contribution >= 0.6 is 11.6 Å². The fourth-order valence-corrected chi connectivity index (χ4v) is 5.95. The van der Waals surface area contributed by atoms with E-state index >= 15 is 4.39 Å². The minimum Gasteiger partial charge on any atom is -0.489 e. The molecule has 5 rings (SSSR count). The summed E-state index contributed by atoms with van der Waals surface area (Å²) >= 11 is 6.89. The molecule has 1 atom stereocenters. The standard InChI is InChI=1S/C29H34ClFN4O7/c1-28(2,3)42-27(39)41-18-9-6-8-17(31)19(18)22-21(30)23-20(24(32-22)35-11-7-10-29(35,4)5)25(36)34-13-12-33(26(37)38)14-16(34)15-40-23/h6,8-9,16H,7,10-15H2,1-5H3,(H,37,38)/t16-/m1/s1. The first-order valence-electron chi connectivity index (χ1n) is 13.8. The quantitative estimate of drug-likeness (QED) is 0.361. The molecule has 11 nitrogen and oxygen atoms in total. The van der Waals surface area contributed by atoms with Gasteiger partial charge < -0.3 is 34.0 Å². The smallest absolute Gasteiger partial charge is 0.489 e. The number of carbonyl (C=O) groups excluding carboxylic acids is 2. The number of amides is 2. The van der Waals surface area contributed by atoms with Crippen LogP contribution in [0.5, 0.6) is 11.5 Å². The molecule has 0 aliphatic carbocycles. The first-order chi connectivity index (χ1) is 19.7. The van der Waals surface area contributed by atoms with Gasteiger partial charge in [0.25, 0.3) is 5.91 Å². The van der Waals surface area contributed by atoms with Gasteiger partial charge in [0, 0.05) is 31.7 Å². The first-order valence-corrected chi connectivity index (χ1v) is 14.2. The Morgan fingerprint density at radius 1 is 1.19 bits per heavy atom. The number of piperazine rings is 1. The van der Waals surface area contributed by atoms with Gasteiger partial charge in [0.2, 0.25) is 0 Å². The van der Waals surface area contributed by atoms with Crippen LogP contribution in [-0.4, -0.2) is 88.0 Å². The van der Waals surface area contributed by atoms with Gasteiger partial charge in [-0.05, 0) is 59.6 Å². The van der Waals surface area contributed by atoms with Gasteiger partial charge in [0.05, 0.1) is 11.6 Å². The Morgan fingerprint density at radius 3 is 2.57 bits per heavy atom. The summed E-state index contributed by atoms with van der Waals surface area (Å²) in [7, 11) is 0. The number of carbonyl (C=O) groups is 3. The highest BCUT2D eigenvalue weighted by atomic mass is 35.5. The second-order valence-electron chi connectivity index (χ2n) is 12.2. The zero-order chi connectivity index (χ0) is 30.6. The molecule has 3 aliphatic heterocycles. The van der Waals surface area contributed by atoms with E-state index in [0.29, 0.717) is 6.54 Å². The third kappa shape index (κ3) is 5.51. The van der Waals surface area contributed by atoms with Crippen LogP contribution in [0.15, 0.2) is 18.2 Å². The number of hydrogen-bond donors (Lipinski definition) is 1. The van der Waals surface area contributed by atoms with E-state index in [9.17, 15) is 19.5 Å². The van der Waals surface area contributed by atoms with Gasteiger partial charge in [0.1, 0.15) is 45.9 Å². The van der Waals surface area contributed by atoms with Gasteiger partial charge in [-0.3, -0.25) is 4.79 Å². The zero-order valence-corrected chi connectivity index (χ0v) is 25.0. The molecule has 3 aliphatic rings. The summed E-state index contributed by atoms with van der Waals surface area (Å²) in [4.78, 5) is 48.0. The molecule has 2 aromatic rings. The third-order valence-electron chi connectivity index (χ3n) is 7.68. The van der Waals surface area contributed by atoms with Crippen molar-refractivity contribution in [2.45, 2.75) is 64.6 Å². The highest BCUT2D eigenvalue weighted by molar-refractivity contribution is 6.35. The average Bonchev–Trinajstić information content (AvgIpc) is 3.17. The molecule has 13 heteroatoms. The molecule has 1 N–H and O–H groups in total. The maximum Gasteiger partial charge on any atom is 0.514 e. The van der Waals surface area contributed by atoms with Gasteiger partial charge in [0.15, 0.2) is 5.75 Å². The Morgan fingerprint density at radius 2 is 1.93 bits per heavy atom. The number of carboxylic acid groups (broad SMARTS) is 1. The van der Waals surface area contributed by atoms with Gasteiger partial charge in [-0.1, -0.05) is 17.7 Å². The normalized spacial score (nSPS) is 19.9. The predicted octanol–water partition coefficient (Wildman–Crippen LogP) is 5.43.